The van der Waals surface area contributed by atoms with Gasteiger partial charge in [-0.15, -0.1) is 5.11 Å². The average Bonchev–Trinajstić information content (AvgIpc) is 2.94. The summed E-state index contributed by atoms with van der Waals surface area (Å²) in [6.07, 6.45) is 0. The maximum absolute atomic E-state index is 11.6. The number of nitrogens with zero attached hydrogens (tertiary/aromatic N) is 2. The van der Waals surface area contributed by atoms with Crippen molar-refractivity contribution in [2.45, 2.75) is 4.90 Å². The summed E-state index contributed by atoms with van der Waals surface area (Å²) in [5, 5.41) is 18.8. The third-order valence-electron chi connectivity index (χ3n) is 3.57. The van der Waals surface area contributed by atoms with Crippen molar-refractivity contribution in [1.82, 2.24) is 4.98 Å². The van der Waals surface area contributed by atoms with E-state index in [2.05, 4.69) is 15.2 Å². The first kappa shape index (κ1) is 16.9. The highest BCUT2D eigenvalue weighted by Gasteiger charge is 2.15. The largest absolute Gasteiger partial charge is 0.497 e. The predicted octanol–water partition coefficient (Wildman–Crippen LogP) is 1.42. The number of nitrogens with two attached hydrogens (primary N) is 2. The quantitative estimate of drug-likeness (QED) is 0.308. The highest BCUT2D eigenvalue weighted by molar-refractivity contribution is 7.84. The number of aromatic amines is 1. The number of benzene rings is 2. The molecule has 25 heavy (non-hydrogen) atoms. The molecule has 0 radical (unpaired) electrons. The molecular weight excluding hydrogens is 346 g/mol. The number of hydrogen-bond donors (Lipinski definition) is 4. The molecule has 0 saturated heterocycles. The fraction of sp³-hybridized carbons (Fsp3) is 0.0667. The smallest absolute Gasteiger partial charge is 0.341 e. The summed E-state index contributed by atoms with van der Waals surface area (Å²) in [7, 11) is -2.05. The number of H-pyrrole nitrogens is 1. The van der Waals surface area contributed by atoms with Gasteiger partial charge in [-0.3, -0.25) is 0 Å². The second kappa shape index (κ2) is 6.51. The number of rotatable bonds is 5. The van der Waals surface area contributed by atoms with E-state index in [0.29, 0.717) is 27.2 Å². The Kier molecular flexibility index (Phi) is 4.40. The molecule has 130 valence electrons. The lowest BCUT2D eigenvalue weighted by molar-refractivity contribution is -0.509. The fourth-order valence-corrected chi connectivity index (χ4v) is 2.93. The van der Waals surface area contributed by atoms with Crippen molar-refractivity contribution < 1.29 is 23.1 Å². The van der Waals surface area contributed by atoms with Crippen LogP contribution >= 0.6 is 0 Å². The zero-order valence-corrected chi connectivity index (χ0v) is 14.0. The molecule has 6 N–H and O–H groups in total. The van der Waals surface area contributed by atoms with Crippen molar-refractivity contribution >= 4 is 32.3 Å². The summed E-state index contributed by atoms with van der Waals surface area (Å²) in [6.45, 7) is 0. The van der Waals surface area contributed by atoms with E-state index in [1.807, 2.05) is 0 Å². The van der Waals surface area contributed by atoms with Gasteiger partial charge in [0.05, 0.1) is 18.3 Å². The van der Waals surface area contributed by atoms with E-state index in [0.717, 1.165) is 0 Å². The van der Waals surface area contributed by atoms with Crippen LogP contribution in [0.1, 0.15) is 0 Å². The molecule has 0 fully saturated rings. The summed E-state index contributed by atoms with van der Waals surface area (Å²) in [6, 6.07) is 11.0. The Balaban J connectivity index is 1.94. The molecule has 9 nitrogen and oxygen atoms in total. The molecule has 2 aromatic carbocycles. The summed E-state index contributed by atoms with van der Waals surface area (Å²) >= 11 is 0. The number of aromatic hydroxyl groups is 1. The average molecular weight is 362 g/mol. The van der Waals surface area contributed by atoms with Gasteiger partial charge in [-0.1, -0.05) is 0 Å². The lowest BCUT2D eigenvalue weighted by atomic mass is 10.2. The first-order valence-electron chi connectivity index (χ1n) is 7.15. The van der Waals surface area contributed by atoms with Crippen LogP contribution in [0, 0.1) is 0 Å². The number of sulfonamides is 1. The van der Waals surface area contributed by atoms with Gasteiger partial charge in [0.25, 0.3) is 0 Å². The van der Waals surface area contributed by atoms with E-state index in [4.69, 9.17) is 10.6 Å². The number of hydrogen-bond acceptors (Lipinski definition) is 7. The Labute approximate surface area is 143 Å². The van der Waals surface area contributed by atoms with Crippen LogP contribution < -0.4 is 15.4 Å². The van der Waals surface area contributed by atoms with E-state index in [1.54, 1.807) is 25.3 Å². The van der Waals surface area contributed by atoms with Gasteiger partial charge in [0.2, 0.25) is 5.88 Å². The van der Waals surface area contributed by atoms with Crippen LogP contribution in [0.2, 0.25) is 0 Å². The van der Waals surface area contributed by atoms with E-state index >= 15 is 0 Å². The minimum Gasteiger partial charge on any atom is -0.497 e. The summed E-state index contributed by atoms with van der Waals surface area (Å²) < 4.78 is 28.4. The number of azo groups is 1. The summed E-state index contributed by atoms with van der Waals surface area (Å²) in [5.74, 6) is 5.60. The SMILES string of the molecule is COc1ccc2[nH]c(O)c(N=Nc3ccc(S(=O)(=O)[NH2+]N)cc3)c2c1. The Morgan fingerprint density at radius 3 is 2.52 bits per heavy atom. The van der Waals surface area contributed by atoms with Crippen molar-refractivity contribution in [3.8, 4) is 11.6 Å². The number of quaternary nitrogens is 1. The maximum Gasteiger partial charge on any atom is 0.341 e. The zero-order valence-electron chi connectivity index (χ0n) is 13.2. The van der Waals surface area contributed by atoms with Crippen molar-refractivity contribution in [2.75, 3.05) is 7.11 Å². The molecule has 0 unspecified atom stereocenters. The van der Waals surface area contributed by atoms with Crippen molar-refractivity contribution in [1.29, 1.82) is 0 Å². The van der Waals surface area contributed by atoms with Crippen LogP contribution in [-0.4, -0.2) is 25.6 Å². The van der Waals surface area contributed by atoms with Gasteiger partial charge >= 0.3 is 10.0 Å². The molecule has 0 aliphatic heterocycles. The van der Waals surface area contributed by atoms with Crippen molar-refractivity contribution in [3.63, 3.8) is 0 Å². The number of aromatic nitrogens is 1. The fourth-order valence-electron chi connectivity index (χ4n) is 2.26. The second-order valence-electron chi connectivity index (χ2n) is 5.11. The molecule has 0 aliphatic carbocycles. The molecule has 0 aliphatic rings. The second-order valence-corrected chi connectivity index (χ2v) is 6.94. The minimum absolute atomic E-state index is 0.0635. The van der Waals surface area contributed by atoms with E-state index in [1.165, 1.54) is 24.3 Å². The Morgan fingerprint density at radius 1 is 1.16 bits per heavy atom. The third-order valence-corrected chi connectivity index (χ3v) is 4.86. The van der Waals surface area contributed by atoms with Gasteiger partial charge < -0.3 is 14.8 Å². The third kappa shape index (κ3) is 3.31. The van der Waals surface area contributed by atoms with Crippen molar-refractivity contribution in [3.05, 3.63) is 42.5 Å². The lowest BCUT2D eigenvalue weighted by Crippen LogP contribution is -2.93. The zero-order chi connectivity index (χ0) is 18.0. The van der Waals surface area contributed by atoms with E-state index < -0.39 is 10.0 Å². The number of ether oxygens (including phenoxy) is 1. The monoisotopic (exact) mass is 362 g/mol. The molecule has 1 aromatic heterocycles. The van der Waals surface area contributed by atoms with Gasteiger partial charge in [0.15, 0.2) is 5.69 Å². The van der Waals surface area contributed by atoms with Crippen LogP contribution in [0.5, 0.6) is 11.6 Å². The molecule has 10 heteroatoms. The van der Waals surface area contributed by atoms with Crippen molar-refractivity contribution in [2.24, 2.45) is 16.1 Å². The minimum atomic E-state index is -3.59. The first-order chi connectivity index (χ1) is 11.9. The number of methoxy groups -OCH3 is 1. The van der Waals surface area contributed by atoms with E-state index in [-0.39, 0.29) is 16.5 Å². The highest BCUT2D eigenvalue weighted by Crippen LogP contribution is 2.38. The molecule has 0 spiro atoms. The Bertz CT molecular complexity index is 1040. The van der Waals surface area contributed by atoms with Gasteiger partial charge in [0.1, 0.15) is 10.6 Å². The predicted molar refractivity (Wildman–Crippen MR) is 90.4 cm³/mol. The molecule has 0 bridgehead atoms. The normalized spacial score (nSPS) is 12.1. The lowest BCUT2D eigenvalue weighted by Gasteiger charge is -1.99. The van der Waals surface area contributed by atoms with Crippen LogP contribution in [-0.2, 0) is 10.0 Å². The molecule has 0 amide bonds. The van der Waals surface area contributed by atoms with Crippen LogP contribution in [0.3, 0.4) is 0 Å². The molecule has 0 atom stereocenters. The van der Waals surface area contributed by atoms with Gasteiger partial charge in [0, 0.05) is 5.39 Å². The number of primary sulfonamides is 1. The van der Waals surface area contributed by atoms with E-state index in [9.17, 15) is 13.5 Å². The van der Waals surface area contributed by atoms with Crippen LogP contribution in [0.4, 0.5) is 11.4 Å². The summed E-state index contributed by atoms with van der Waals surface area (Å²) in [4.78, 5) is 3.50. The van der Waals surface area contributed by atoms with Crippen LogP contribution in [0.15, 0.2) is 57.6 Å². The Morgan fingerprint density at radius 2 is 1.88 bits per heavy atom. The Hall–Kier alpha value is -2.95. The topological polar surface area (TPSA) is 147 Å². The standard InChI is InChI=1S/C15H15N5O4S/c1-24-10-4-7-13-12(8-10)14(15(21)17-13)19-18-9-2-5-11(6-3-9)25(22,23)20-16/h2-8,17,20-21H,16H2,1H3/p+1. The molecule has 1 heterocycles. The molecular formula is C15H16N5O4S+. The number of nitrogens with one attached hydrogen (secondary N) is 1. The molecule has 3 aromatic rings. The maximum atomic E-state index is 11.6. The van der Waals surface area contributed by atoms with Crippen LogP contribution in [0.25, 0.3) is 10.9 Å². The highest BCUT2D eigenvalue weighted by atomic mass is 32.2. The first-order valence-corrected chi connectivity index (χ1v) is 8.70. The number of fused-ring (bicyclic) bond motifs is 1. The molecule has 0 saturated carbocycles. The van der Waals surface area contributed by atoms with Gasteiger partial charge in [-0.25, -0.2) is 0 Å². The molecule has 3 rings (SSSR count). The van der Waals surface area contributed by atoms with Gasteiger partial charge in [-0.05, 0) is 42.5 Å². The van der Waals surface area contributed by atoms with Gasteiger partial charge in [-0.2, -0.15) is 24.2 Å². The summed E-state index contributed by atoms with van der Waals surface area (Å²) in [5.41, 5.74) is 1.38.